The highest BCUT2D eigenvalue weighted by atomic mass is 17.2. The Morgan fingerprint density at radius 2 is 1.77 bits per heavy atom. The lowest BCUT2D eigenvalue weighted by molar-refractivity contribution is -0.375. The van der Waals surface area contributed by atoms with E-state index >= 15 is 0 Å². The Bertz CT molecular complexity index is 1230. The van der Waals surface area contributed by atoms with Gasteiger partial charge in [0.1, 0.15) is 0 Å². The molecule has 9 atom stereocenters. The van der Waals surface area contributed by atoms with Crippen molar-refractivity contribution >= 4 is 11.8 Å². The number of carbonyl (C=O) groups is 2. The molecule has 0 saturated heterocycles. The molecule has 3 fully saturated rings. The van der Waals surface area contributed by atoms with Gasteiger partial charge in [0.15, 0.2) is 17.1 Å². The van der Waals surface area contributed by atoms with Gasteiger partial charge >= 0.3 is 5.97 Å². The lowest BCUT2D eigenvalue weighted by Crippen LogP contribution is -2.64. The minimum Gasteiger partial charge on any atom is -0.469 e. The summed E-state index contributed by atoms with van der Waals surface area (Å²) in [5.74, 6) is 1.11. The van der Waals surface area contributed by atoms with Gasteiger partial charge in [-0.15, -0.1) is 0 Å². The van der Waals surface area contributed by atoms with Crippen LogP contribution in [-0.2, 0) is 36.1 Å². The largest absolute Gasteiger partial charge is 0.469 e. The standard InChI is InChI=1S/C32H45NO6/c1-28(2)15-20-19(21(16-28)27(35)36-7)9-11-31(5)25(20)22(34)13-24-29(3)14-18-17-33-38-26(18)32(6,39-37-8)23(29)10-12-30(24,31)4/h13,17,19-21,23,25H,9-12,14-16H2,1-8H3/t19?,20-,21-,23-,25+,29+,30-,31-,32+/m1/s1. The van der Waals surface area contributed by atoms with Gasteiger partial charge in [-0.05, 0) is 91.4 Å². The van der Waals surface area contributed by atoms with Crippen LogP contribution >= 0.6 is 0 Å². The molecule has 0 aromatic carbocycles. The van der Waals surface area contributed by atoms with Crippen LogP contribution in [0.25, 0.3) is 0 Å². The van der Waals surface area contributed by atoms with Gasteiger partial charge < -0.3 is 9.26 Å². The number of rotatable bonds is 3. The first-order valence-electron chi connectivity index (χ1n) is 14.8. The van der Waals surface area contributed by atoms with Crippen LogP contribution in [0.4, 0.5) is 0 Å². The molecule has 5 aliphatic carbocycles. The lowest BCUT2D eigenvalue weighted by atomic mass is 9.35. The zero-order valence-corrected chi connectivity index (χ0v) is 24.9. The van der Waals surface area contributed by atoms with Crippen LogP contribution < -0.4 is 0 Å². The fourth-order valence-corrected chi connectivity index (χ4v) is 10.9. The van der Waals surface area contributed by atoms with Crippen molar-refractivity contribution in [1.29, 1.82) is 0 Å². The van der Waals surface area contributed by atoms with Crippen LogP contribution in [0.15, 0.2) is 22.4 Å². The number of methoxy groups -OCH3 is 1. The molecule has 7 nitrogen and oxygen atoms in total. The minimum absolute atomic E-state index is 0.0134. The van der Waals surface area contributed by atoms with Crippen molar-refractivity contribution in [2.24, 2.45) is 51.2 Å². The predicted octanol–water partition coefficient (Wildman–Crippen LogP) is 6.21. The number of aromatic nitrogens is 1. The molecule has 1 aromatic heterocycles. The zero-order valence-electron chi connectivity index (χ0n) is 24.9. The van der Waals surface area contributed by atoms with Crippen molar-refractivity contribution in [2.45, 2.75) is 92.1 Å². The number of hydrogen-bond donors (Lipinski definition) is 0. The summed E-state index contributed by atoms with van der Waals surface area (Å²) in [4.78, 5) is 38.7. The van der Waals surface area contributed by atoms with Crippen LogP contribution in [0.5, 0.6) is 0 Å². The first-order chi connectivity index (χ1) is 18.3. The Balaban J connectivity index is 1.47. The van der Waals surface area contributed by atoms with Crippen molar-refractivity contribution in [3.8, 4) is 0 Å². The van der Waals surface area contributed by atoms with E-state index in [-0.39, 0.29) is 63.0 Å². The van der Waals surface area contributed by atoms with Crippen LogP contribution in [-0.4, -0.2) is 31.1 Å². The quantitative estimate of drug-likeness (QED) is 0.256. The fourth-order valence-electron chi connectivity index (χ4n) is 10.9. The number of nitrogens with zero attached hydrogens (tertiary/aromatic N) is 1. The van der Waals surface area contributed by atoms with E-state index in [1.165, 1.54) is 12.7 Å². The van der Waals surface area contributed by atoms with E-state index in [1.807, 2.05) is 13.0 Å². The van der Waals surface area contributed by atoms with E-state index in [1.54, 1.807) is 13.3 Å². The van der Waals surface area contributed by atoms with Crippen LogP contribution in [0, 0.1) is 51.2 Å². The Morgan fingerprint density at radius 1 is 1.03 bits per heavy atom. The summed E-state index contributed by atoms with van der Waals surface area (Å²) in [5, 5.41) is 4.14. The normalized spacial score (nSPS) is 46.1. The maximum absolute atomic E-state index is 14.5. The average molecular weight is 540 g/mol. The molecule has 0 amide bonds. The van der Waals surface area contributed by atoms with Gasteiger partial charge in [0.05, 0.1) is 26.3 Å². The first-order valence-corrected chi connectivity index (χ1v) is 14.8. The number of fused-ring (bicyclic) bond motifs is 8. The Labute approximate surface area is 232 Å². The molecule has 1 aromatic rings. The molecule has 0 spiro atoms. The molecule has 39 heavy (non-hydrogen) atoms. The van der Waals surface area contributed by atoms with Crippen molar-refractivity contribution in [3.63, 3.8) is 0 Å². The molecule has 214 valence electrons. The highest BCUT2D eigenvalue weighted by Gasteiger charge is 2.70. The second kappa shape index (κ2) is 8.51. The van der Waals surface area contributed by atoms with Gasteiger partial charge in [-0.2, -0.15) is 0 Å². The molecular formula is C32H45NO6. The van der Waals surface area contributed by atoms with Gasteiger partial charge in [-0.25, -0.2) is 9.78 Å². The van der Waals surface area contributed by atoms with Crippen LogP contribution in [0.1, 0.15) is 91.4 Å². The summed E-state index contributed by atoms with van der Waals surface area (Å²) in [7, 11) is 3.04. The van der Waals surface area contributed by atoms with Gasteiger partial charge in [0.2, 0.25) is 0 Å². The molecule has 7 heteroatoms. The number of ether oxygens (including phenoxy) is 1. The second-order valence-corrected chi connectivity index (χ2v) is 15.0. The summed E-state index contributed by atoms with van der Waals surface area (Å²) in [6, 6.07) is 0. The number of carbonyl (C=O) groups excluding carboxylic acids is 2. The number of hydrogen-bond acceptors (Lipinski definition) is 7. The van der Waals surface area contributed by atoms with E-state index < -0.39 is 5.60 Å². The SMILES string of the molecule is COO[C@]1(C)c2oncc2C[C@]2(C)C3=CC(=O)[C@@H]4[C@@H]5CC(C)(C)C[C@@H](C(=O)OC)C5CC[C@@]4(C)[C@]3(C)CC[C@H]21. The van der Waals surface area contributed by atoms with E-state index in [9.17, 15) is 9.59 Å². The summed E-state index contributed by atoms with van der Waals surface area (Å²) in [5.41, 5.74) is 0.829. The third-order valence-electron chi connectivity index (χ3n) is 12.6. The van der Waals surface area contributed by atoms with Crippen molar-refractivity contribution in [2.75, 3.05) is 14.2 Å². The summed E-state index contributed by atoms with van der Waals surface area (Å²) in [6.45, 7) is 13.7. The van der Waals surface area contributed by atoms with E-state index in [0.717, 1.165) is 56.3 Å². The third kappa shape index (κ3) is 3.44. The summed E-state index contributed by atoms with van der Waals surface area (Å²) >= 11 is 0. The molecule has 0 bridgehead atoms. The highest BCUT2D eigenvalue weighted by Crippen LogP contribution is 2.73. The maximum Gasteiger partial charge on any atom is 0.308 e. The highest BCUT2D eigenvalue weighted by molar-refractivity contribution is 5.95. The van der Waals surface area contributed by atoms with Gasteiger partial charge in [-0.3, -0.25) is 9.59 Å². The number of esters is 1. The van der Waals surface area contributed by atoms with Crippen LogP contribution in [0.3, 0.4) is 0 Å². The molecule has 0 aliphatic heterocycles. The summed E-state index contributed by atoms with van der Waals surface area (Å²) in [6.07, 6.45) is 10.2. The maximum atomic E-state index is 14.5. The van der Waals surface area contributed by atoms with E-state index in [0.29, 0.717) is 0 Å². The van der Waals surface area contributed by atoms with E-state index in [4.69, 9.17) is 19.0 Å². The molecule has 1 heterocycles. The van der Waals surface area contributed by atoms with Crippen molar-refractivity contribution < 1.29 is 28.6 Å². The Hall–Kier alpha value is -1.99. The molecule has 0 N–H and O–H groups in total. The number of allylic oxidation sites excluding steroid dienone is 2. The lowest BCUT2D eigenvalue weighted by Gasteiger charge is -2.68. The molecule has 3 saturated carbocycles. The average Bonchev–Trinajstić information content (AvgIpc) is 3.33. The Kier molecular flexibility index (Phi) is 5.93. The van der Waals surface area contributed by atoms with Gasteiger partial charge in [0.25, 0.3) is 0 Å². The molecule has 1 unspecified atom stereocenters. The van der Waals surface area contributed by atoms with Crippen LogP contribution in [0.2, 0.25) is 0 Å². The molecular weight excluding hydrogens is 494 g/mol. The fraction of sp³-hybridized carbons (Fsp3) is 0.781. The molecule has 5 aliphatic rings. The number of ketones is 1. The second-order valence-electron chi connectivity index (χ2n) is 15.0. The first kappa shape index (κ1) is 27.2. The molecule has 0 radical (unpaired) electrons. The Morgan fingerprint density at radius 3 is 2.46 bits per heavy atom. The minimum atomic E-state index is -0.796. The van der Waals surface area contributed by atoms with Gasteiger partial charge in [0, 0.05) is 17.4 Å². The van der Waals surface area contributed by atoms with Gasteiger partial charge in [-0.1, -0.05) is 45.3 Å². The molecule has 6 rings (SSSR count). The monoisotopic (exact) mass is 539 g/mol. The summed E-state index contributed by atoms with van der Waals surface area (Å²) < 4.78 is 11.0. The third-order valence-corrected chi connectivity index (χ3v) is 12.6. The predicted molar refractivity (Wildman–Crippen MR) is 144 cm³/mol. The topological polar surface area (TPSA) is 87.9 Å². The van der Waals surface area contributed by atoms with Crippen molar-refractivity contribution in [3.05, 3.63) is 29.2 Å². The van der Waals surface area contributed by atoms with E-state index in [2.05, 4.69) is 39.8 Å². The van der Waals surface area contributed by atoms with Crippen molar-refractivity contribution in [1.82, 2.24) is 5.16 Å². The zero-order chi connectivity index (χ0) is 28.2. The smallest absolute Gasteiger partial charge is 0.308 e.